The minimum Gasteiger partial charge on any atom is -0.378 e. The number of carbonyl (C=O) groups excluding carboxylic acids is 1. The van der Waals surface area contributed by atoms with Crippen LogP contribution in [-0.2, 0) is 4.79 Å². The van der Waals surface area contributed by atoms with E-state index in [4.69, 9.17) is 5.73 Å². The molecular formula is C11H18N6O3. The topological polar surface area (TPSA) is 136 Å². The largest absolute Gasteiger partial charge is 0.378 e. The highest BCUT2D eigenvalue weighted by Crippen LogP contribution is 2.25. The highest BCUT2D eigenvalue weighted by molar-refractivity contribution is 5.77. The van der Waals surface area contributed by atoms with E-state index in [0.29, 0.717) is 0 Å². The fraction of sp³-hybridized carbons (Fsp3) is 0.545. The maximum absolute atomic E-state index is 11.5. The van der Waals surface area contributed by atoms with E-state index in [1.807, 2.05) is 13.8 Å². The summed E-state index contributed by atoms with van der Waals surface area (Å²) in [6.07, 6.45) is 2.16. The van der Waals surface area contributed by atoms with Gasteiger partial charge in [-0.25, -0.2) is 9.97 Å². The molecule has 110 valence electrons. The molecule has 0 aliphatic rings. The van der Waals surface area contributed by atoms with E-state index in [1.54, 1.807) is 0 Å². The molecule has 20 heavy (non-hydrogen) atoms. The van der Waals surface area contributed by atoms with Gasteiger partial charge in [-0.2, -0.15) is 0 Å². The van der Waals surface area contributed by atoms with Crippen molar-refractivity contribution >= 4 is 23.2 Å². The quantitative estimate of drug-likeness (QED) is 0.494. The van der Waals surface area contributed by atoms with Gasteiger partial charge in [-0.3, -0.25) is 14.9 Å². The first-order chi connectivity index (χ1) is 9.45. The van der Waals surface area contributed by atoms with Crippen molar-refractivity contribution in [2.24, 2.45) is 0 Å². The number of nitrogen functional groups attached to an aromatic ring is 1. The lowest BCUT2D eigenvalue weighted by Crippen LogP contribution is -2.33. The molecular weight excluding hydrogens is 264 g/mol. The number of nitrogens with zero attached hydrogens (tertiary/aromatic N) is 3. The molecule has 0 aromatic carbocycles. The number of nitrogens with one attached hydrogen (secondary N) is 2. The summed E-state index contributed by atoms with van der Waals surface area (Å²) >= 11 is 0. The molecule has 0 saturated heterocycles. The van der Waals surface area contributed by atoms with Gasteiger partial charge in [0.15, 0.2) is 0 Å². The third-order valence-electron chi connectivity index (χ3n) is 2.70. The van der Waals surface area contributed by atoms with Crippen molar-refractivity contribution in [1.82, 2.24) is 15.3 Å². The molecule has 1 unspecified atom stereocenters. The van der Waals surface area contributed by atoms with Crippen LogP contribution < -0.4 is 16.4 Å². The minimum atomic E-state index is -0.656. The second-order valence-corrected chi connectivity index (χ2v) is 4.27. The second-order valence-electron chi connectivity index (χ2n) is 4.27. The first-order valence-electron chi connectivity index (χ1n) is 6.23. The molecule has 1 aromatic heterocycles. The van der Waals surface area contributed by atoms with Gasteiger partial charge in [-0.1, -0.05) is 6.92 Å². The van der Waals surface area contributed by atoms with Crippen LogP contribution in [0.15, 0.2) is 6.33 Å². The lowest BCUT2D eigenvalue weighted by atomic mass is 10.2. The highest BCUT2D eigenvalue weighted by Gasteiger charge is 2.20. The molecule has 0 radical (unpaired) electrons. The van der Waals surface area contributed by atoms with E-state index < -0.39 is 4.92 Å². The maximum Gasteiger partial charge on any atom is 0.352 e. The summed E-state index contributed by atoms with van der Waals surface area (Å²) in [7, 11) is 0. The van der Waals surface area contributed by atoms with Crippen LogP contribution in [0.3, 0.4) is 0 Å². The number of hydrogen-bond donors (Lipinski definition) is 3. The van der Waals surface area contributed by atoms with E-state index >= 15 is 0 Å². The number of nitrogens with two attached hydrogens (primary N) is 1. The van der Waals surface area contributed by atoms with Gasteiger partial charge in [-0.05, 0) is 13.3 Å². The number of aromatic nitrogens is 2. The summed E-state index contributed by atoms with van der Waals surface area (Å²) in [6, 6.07) is 0.103. The van der Waals surface area contributed by atoms with Gasteiger partial charge < -0.3 is 16.4 Å². The first kappa shape index (κ1) is 15.6. The van der Waals surface area contributed by atoms with E-state index in [2.05, 4.69) is 20.6 Å². The molecule has 0 fully saturated rings. The van der Waals surface area contributed by atoms with E-state index in [0.717, 1.165) is 12.7 Å². The van der Waals surface area contributed by atoms with Crippen molar-refractivity contribution in [2.45, 2.75) is 32.7 Å². The molecule has 1 aromatic rings. The molecule has 1 amide bonds. The molecule has 9 heteroatoms. The lowest BCUT2D eigenvalue weighted by molar-refractivity contribution is -0.383. The minimum absolute atomic E-state index is 0.0128. The normalized spacial score (nSPS) is 11.7. The van der Waals surface area contributed by atoms with Crippen molar-refractivity contribution in [3.63, 3.8) is 0 Å². The van der Waals surface area contributed by atoms with Crippen LogP contribution in [-0.4, -0.2) is 33.4 Å². The summed E-state index contributed by atoms with van der Waals surface area (Å²) in [5.41, 5.74) is 5.05. The van der Waals surface area contributed by atoms with Gasteiger partial charge in [0.05, 0.1) is 4.92 Å². The fourth-order valence-electron chi connectivity index (χ4n) is 1.45. The Hall–Kier alpha value is -2.45. The van der Waals surface area contributed by atoms with Crippen LogP contribution in [0.25, 0.3) is 0 Å². The number of hydrogen-bond acceptors (Lipinski definition) is 7. The van der Waals surface area contributed by atoms with Crippen LogP contribution in [0.5, 0.6) is 0 Å². The Labute approximate surface area is 116 Å². The third kappa shape index (κ3) is 4.34. The van der Waals surface area contributed by atoms with E-state index in [-0.39, 0.29) is 42.2 Å². The zero-order valence-electron chi connectivity index (χ0n) is 11.4. The Morgan fingerprint density at radius 2 is 2.25 bits per heavy atom. The molecule has 4 N–H and O–H groups in total. The Morgan fingerprint density at radius 1 is 1.55 bits per heavy atom. The molecule has 0 spiro atoms. The number of nitro groups is 1. The summed E-state index contributed by atoms with van der Waals surface area (Å²) in [6.45, 7) is 4.09. The standard InChI is InChI=1S/C11H18N6O3/c1-3-7(2)16-8(18)4-5-13-11-9(17(19)20)10(12)14-6-15-11/h6-7H,3-5H2,1-2H3,(H,16,18)(H3,12,13,14,15). The molecule has 1 atom stereocenters. The number of anilines is 2. The van der Waals surface area contributed by atoms with Crippen molar-refractivity contribution in [3.05, 3.63) is 16.4 Å². The average molecular weight is 282 g/mol. The summed E-state index contributed by atoms with van der Waals surface area (Å²) < 4.78 is 0. The number of amides is 1. The Kier molecular flexibility index (Phi) is 5.63. The van der Waals surface area contributed by atoms with Crippen LogP contribution in [0, 0.1) is 10.1 Å². The van der Waals surface area contributed by atoms with Gasteiger partial charge in [0.25, 0.3) is 0 Å². The van der Waals surface area contributed by atoms with Gasteiger partial charge >= 0.3 is 5.69 Å². The van der Waals surface area contributed by atoms with Crippen molar-refractivity contribution < 1.29 is 9.72 Å². The van der Waals surface area contributed by atoms with Gasteiger partial charge in [0, 0.05) is 19.0 Å². The van der Waals surface area contributed by atoms with Crippen LogP contribution in [0.1, 0.15) is 26.7 Å². The van der Waals surface area contributed by atoms with Gasteiger partial charge in [0.1, 0.15) is 6.33 Å². The number of carbonyl (C=O) groups is 1. The van der Waals surface area contributed by atoms with Crippen LogP contribution >= 0.6 is 0 Å². The van der Waals surface area contributed by atoms with Crippen LogP contribution in [0.2, 0.25) is 0 Å². The highest BCUT2D eigenvalue weighted by atomic mass is 16.6. The molecule has 0 bridgehead atoms. The molecule has 1 rings (SSSR count). The molecule has 0 aliphatic carbocycles. The Bertz CT molecular complexity index is 493. The Balaban J connectivity index is 2.57. The molecule has 1 heterocycles. The smallest absolute Gasteiger partial charge is 0.352 e. The predicted molar refractivity (Wildman–Crippen MR) is 74.1 cm³/mol. The van der Waals surface area contributed by atoms with E-state index in [1.165, 1.54) is 0 Å². The molecule has 0 aliphatic heterocycles. The summed E-state index contributed by atoms with van der Waals surface area (Å²) in [4.78, 5) is 29.1. The van der Waals surface area contributed by atoms with E-state index in [9.17, 15) is 14.9 Å². The SMILES string of the molecule is CCC(C)NC(=O)CCNc1ncnc(N)c1[N+](=O)[O-]. The first-order valence-corrected chi connectivity index (χ1v) is 6.23. The Morgan fingerprint density at radius 3 is 2.85 bits per heavy atom. The van der Waals surface area contributed by atoms with Crippen molar-refractivity contribution in [1.29, 1.82) is 0 Å². The zero-order chi connectivity index (χ0) is 15.1. The molecule has 0 saturated carbocycles. The van der Waals surface area contributed by atoms with Gasteiger partial charge in [-0.15, -0.1) is 0 Å². The zero-order valence-corrected chi connectivity index (χ0v) is 11.4. The van der Waals surface area contributed by atoms with Crippen molar-refractivity contribution in [3.8, 4) is 0 Å². The van der Waals surface area contributed by atoms with Gasteiger partial charge in [0.2, 0.25) is 17.5 Å². The molecule has 9 nitrogen and oxygen atoms in total. The third-order valence-corrected chi connectivity index (χ3v) is 2.70. The maximum atomic E-state index is 11.5. The monoisotopic (exact) mass is 282 g/mol. The van der Waals surface area contributed by atoms with Crippen LogP contribution in [0.4, 0.5) is 17.3 Å². The summed E-state index contributed by atoms with van der Waals surface area (Å²) in [5.74, 6) is -0.327. The second kappa shape index (κ2) is 7.22. The van der Waals surface area contributed by atoms with Crippen molar-refractivity contribution in [2.75, 3.05) is 17.6 Å². The summed E-state index contributed by atoms with van der Waals surface area (Å²) in [5, 5.41) is 16.4. The number of rotatable bonds is 7. The predicted octanol–water partition coefficient (Wildman–Crippen LogP) is 0.684. The average Bonchev–Trinajstić information content (AvgIpc) is 2.38. The lowest BCUT2D eigenvalue weighted by Gasteiger charge is -2.11. The fourth-order valence-corrected chi connectivity index (χ4v) is 1.45.